The van der Waals surface area contributed by atoms with E-state index < -0.39 is 0 Å². The predicted molar refractivity (Wildman–Crippen MR) is 141 cm³/mol. The fourth-order valence-electron chi connectivity index (χ4n) is 4.08. The molecule has 0 saturated carbocycles. The molecule has 0 saturated heterocycles. The highest BCUT2D eigenvalue weighted by Crippen LogP contribution is 2.23. The van der Waals surface area contributed by atoms with E-state index in [0.29, 0.717) is 17.8 Å². The number of nitrogens with one attached hydrogen (secondary N) is 1. The van der Waals surface area contributed by atoms with E-state index in [4.69, 9.17) is 0 Å². The minimum absolute atomic E-state index is 0.0709. The van der Waals surface area contributed by atoms with Gasteiger partial charge < -0.3 is 10.2 Å². The molecule has 36 heavy (non-hydrogen) atoms. The van der Waals surface area contributed by atoms with Crippen molar-refractivity contribution in [1.82, 2.24) is 5.32 Å². The molecule has 0 aliphatic heterocycles. The summed E-state index contributed by atoms with van der Waals surface area (Å²) in [6.45, 7) is 2.74. The predicted octanol–water partition coefficient (Wildman–Crippen LogP) is 5.88. The van der Waals surface area contributed by atoms with Crippen LogP contribution in [0.15, 0.2) is 103 Å². The lowest BCUT2D eigenvalue weighted by Gasteiger charge is -2.24. The number of carbonyl (C=O) groups excluding carboxylic acids is 2. The Bertz CT molecular complexity index is 1320. The normalized spacial score (nSPS) is 10.6. The average molecular weight is 481 g/mol. The summed E-state index contributed by atoms with van der Waals surface area (Å²) < 4.78 is 13.5. The zero-order valence-electron chi connectivity index (χ0n) is 20.3. The number of aryl methyl sites for hydroxylation is 1. The van der Waals surface area contributed by atoms with E-state index in [1.54, 1.807) is 23.1 Å². The Morgan fingerprint density at radius 3 is 2.22 bits per heavy atom. The van der Waals surface area contributed by atoms with Crippen molar-refractivity contribution in [3.63, 3.8) is 0 Å². The minimum Gasteiger partial charge on any atom is -0.355 e. The third-order valence-corrected chi connectivity index (χ3v) is 6.04. The van der Waals surface area contributed by atoms with Gasteiger partial charge in [-0.2, -0.15) is 0 Å². The third kappa shape index (κ3) is 6.66. The van der Waals surface area contributed by atoms with Crippen molar-refractivity contribution in [2.75, 3.05) is 11.4 Å². The molecule has 0 aromatic heterocycles. The first-order chi connectivity index (χ1) is 17.5. The Hall–Kier alpha value is -4.25. The maximum Gasteiger partial charge on any atom is 0.258 e. The lowest BCUT2D eigenvalue weighted by Crippen LogP contribution is -2.31. The van der Waals surface area contributed by atoms with E-state index in [9.17, 15) is 14.0 Å². The van der Waals surface area contributed by atoms with Crippen molar-refractivity contribution in [2.24, 2.45) is 0 Å². The van der Waals surface area contributed by atoms with Crippen molar-refractivity contribution in [2.45, 2.75) is 26.3 Å². The van der Waals surface area contributed by atoms with Gasteiger partial charge in [0.05, 0.1) is 13.0 Å². The number of hydrogen-bond acceptors (Lipinski definition) is 2. The van der Waals surface area contributed by atoms with Gasteiger partial charge in [-0.25, -0.2) is 4.39 Å². The molecule has 4 aromatic carbocycles. The highest BCUT2D eigenvalue weighted by Gasteiger charge is 2.20. The summed E-state index contributed by atoms with van der Waals surface area (Å²) in [7, 11) is 0. The van der Waals surface area contributed by atoms with Gasteiger partial charge in [0.15, 0.2) is 0 Å². The van der Waals surface area contributed by atoms with Crippen LogP contribution in [0.4, 0.5) is 10.1 Å². The van der Waals surface area contributed by atoms with Gasteiger partial charge in [0, 0.05) is 17.8 Å². The SMILES string of the molecule is Cc1ccccc1C(=O)N(Cc1ccc(F)cc1)c1cccc(CC(=O)NCCc2ccccc2)c1. The number of carbonyl (C=O) groups is 2. The largest absolute Gasteiger partial charge is 0.355 e. The van der Waals surface area contributed by atoms with Crippen LogP contribution < -0.4 is 10.2 Å². The molecule has 0 bridgehead atoms. The lowest BCUT2D eigenvalue weighted by molar-refractivity contribution is -0.120. The van der Waals surface area contributed by atoms with Crippen LogP contribution in [0.1, 0.15) is 32.6 Å². The third-order valence-electron chi connectivity index (χ3n) is 6.04. The second-order valence-corrected chi connectivity index (χ2v) is 8.76. The number of rotatable bonds is 9. The Morgan fingerprint density at radius 2 is 1.47 bits per heavy atom. The second kappa shape index (κ2) is 11.9. The van der Waals surface area contributed by atoms with E-state index in [1.807, 2.05) is 79.7 Å². The summed E-state index contributed by atoms with van der Waals surface area (Å²) in [6, 6.07) is 31.1. The van der Waals surface area contributed by atoms with Gasteiger partial charge in [-0.1, -0.05) is 72.8 Å². The number of benzene rings is 4. The lowest BCUT2D eigenvalue weighted by atomic mass is 10.1. The average Bonchev–Trinajstić information content (AvgIpc) is 2.89. The van der Waals surface area contributed by atoms with Gasteiger partial charge in [0.1, 0.15) is 5.82 Å². The molecule has 0 unspecified atom stereocenters. The quantitative estimate of drug-likeness (QED) is 0.325. The highest BCUT2D eigenvalue weighted by atomic mass is 19.1. The molecular weight excluding hydrogens is 451 g/mol. The molecule has 0 radical (unpaired) electrons. The molecule has 4 rings (SSSR count). The summed E-state index contributed by atoms with van der Waals surface area (Å²) in [5.74, 6) is -0.545. The molecular formula is C31H29FN2O2. The Labute approximate surface area is 211 Å². The molecule has 0 spiro atoms. The first-order valence-electron chi connectivity index (χ1n) is 12.0. The van der Waals surface area contributed by atoms with E-state index >= 15 is 0 Å². The number of nitrogens with zero attached hydrogens (tertiary/aromatic N) is 1. The molecule has 5 heteroatoms. The Kier molecular flexibility index (Phi) is 8.24. The summed E-state index contributed by atoms with van der Waals surface area (Å²) in [5.41, 5.74) is 4.95. The second-order valence-electron chi connectivity index (χ2n) is 8.76. The summed E-state index contributed by atoms with van der Waals surface area (Å²) >= 11 is 0. The van der Waals surface area contributed by atoms with Gasteiger partial charge in [-0.15, -0.1) is 0 Å². The first-order valence-corrected chi connectivity index (χ1v) is 12.0. The van der Waals surface area contributed by atoms with Gasteiger partial charge >= 0.3 is 0 Å². The first kappa shape index (κ1) is 24.9. The molecule has 4 nitrogen and oxygen atoms in total. The maximum atomic E-state index is 13.6. The number of amides is 2. The van der Waals surface area contributed by atoms with E-state index in [-0.39, 0.29) is 30.6 Å². The maximum absolute atomic E-state index is 13.6. The molecule has 0 aliphatic carbocycles. The molecule has 182 valence electrons. The van der Waals surface area contributed by atoms with Crippen LogP contribution in [0, 0.1) is 12.7 Å². The zero-order chi connectivity index (χ0) is 25.3. The molecule has 0 fully saturated rings. The molecule has 0 aliphatic rings. The van der Waals surface area contributed by atoms with Crippen molar-refractivity contribution < 1.29 is 14.0 Å². The topological polar surface area (TPSA) is 49.4 Å². The van der Waals surface area contributed by atoms with E-state index in [0.717, 1.165) is 23.1 Å². The van der Waals surface area contributed by atoms with Crippen LogP contribution >= 0.6 is 0 Å². The van der Waals surface area contributed by atoms with E-state index in [2.05, 4.69) is 5.32 Å². The standard InChI is InChI=1S/C31H29FN2O2/c1-23-8-5-6-13-29(23)31(36)34(22-25-14-16-27(32)17-15-25)28-12-7-11-26(20-28)21-30(35)33-19-18-24-9-3-2-4-10-24/h2-17,20H,18-19,21-22H2,1H3,(H,33,35). The summed E-state index contributed by atoms with van der Waals surface area (Å²) in [6.07, 6.45) is 0.981. The zero-order valence-corrected chi connectivity index (χ0v) is 20.3. The highest BCUT2D eigenvalue weighted by molar-refractivity contribution is 6.07. The molecule has 1 N–H and O–H groups in total. The van der Waals surface area contributed by atoms with Crippen molar-refractivity contribution in [3.05, 3.63) is 137 Å². The van der Waals surface area contributed by atoms with Crippen molar-refractivity contribution in [1.29, 1.82) is 0 Å². The Balaban J connectivity index is 1.51. The van der Waals surface area contributed by atoms with E-state index in [1.165, 1.54) is 17.7 Å². The van der Waals surface area contributed by atoms with Gasteiger partial charge in [0.2, 0.25) is 5.91 Å². The molecule has 4 aromatic rings. The van der Waals surface area contributed by atoms with Gasteiger partial charge in [-0.3, -0.25) is 9.59 Å². The molecule has 0 heterocycles. The summed E-state index contributed by atoms with van der Waals surface area (Å²) in [4.78, 5) is 27.9. The molecule has 0 atom stereocenters. The minimum atomic E-state index is -0.323. The van der Waals surface area contributed by atoms with Crippen molar-refractivity contribution in [3.8, 4) is 0 Å². The van der Waals surface area contributed by atoms with Crippen molar-refractivity contribution >= 4 is 17.5 Å². The van der Waals surface area contributed by atoms with Crippen LogP contribution in [0.5, 0.6) is 0 Å². The summed E-state index contributed by atoms with van der Waals surface area (Å²) in [5, 5.41) is 2.97. The van der Waals surface area contributed by atoms with Crippen LogP contribution in [-0.4, -0.2) is 18.4 Å². The van der Waals surface area contributed by atoms with Crippen LogP contribution in [0.25, 0.3) is 0 Å². The fraction of sp³-hybridized carbons (Fsp3) is 0.161. The molecule has 2 amide bonds. The van der Waals surface area contributed by atoms with Gasteiger partial charge in [-0.05, 0) is 65.9 Å². The smallest absolute Gasteiger partial charge is 0.258 e. The van der Waals surface area contributed by atoms with Gasteiger partial charge in [0.25, 0.3) is 5.91 Å². The number of halogens is 1. The fourth-order valence-corrected chi connectivity index (χ4v) is 4.08. The van der Waals surface area contributed by atoms with Crippen LogP contribution in [0.2, 0.25) is 0 Å². The van der Waals surface area contributed by atoms with Crippen LogP contribution in [-0.2, 0) is 24.2 Å². The Morgan fingerprint density at radius 1 is 0.778 bits per heavy atom. The van der Waals surface area contributed by atoms with Crippen LogP contribution in [0.3, 0.4) is 0 Å². The monoisotopic (exact) mass is 480 g/mol. The number of hydrogen-bond donors (Lipinski definition) is 1. The number of anilines is 1.